The number of allylic oxidation sites excluding steroid dienone is 4. The van der Waals surface area contributed by atoms with Crippen LogP contribution in [0.5, 0.6) is 0 Å². The van der Waals surface area contributed by atoms with Crippen molar-refractivity contribution >= 4 is 38.6 Å². The Kier molecular flexibility index (Phi) is 7.66. The summed E-state index contributed by atoms with van der Waals surface area (Å²) in [4.78, 5) is 2.25. The van der Waals surface area contributed by atoms with Crippen molar-refractivity contribution in [3.05, 3.63) is 143 Å². The molecule has 0 N–H and O–H groups in total. The number of hydrogen-bond donors (Lipinski definition) is 0. The molecule has 0 saturated carbocycles. The van der Waals surface area contributed by atoms with E-state index in [0.29, 0.717) is 17.9 Å². The molecule has 0 fully saturated rings. The van der Waals surface area contributed by atoms with Crippen LogP contribution in [0, 0.1) is 17.6 Å². The molecular weight excluding hydrogens is 582 g/mol. The Morgan fingerprint density at radius 3 is 2.15 bits per heavy atom. The van der Waals surface area contributed by atoms with Gasteiger partial charge in [-0.15, -0.1) is 0 Å². The summed E-state index contributed by atoms with van der Waals surface area (Å²) in [5.74, 6) is -0.481. The molecule has 7 rings (SSSR count). The Balaban J connectivity index is 1.37. The van der Waals surface area contributed by atoms with E-state index in [0.717, 1.165) is 41.2 Å². The van der Waals surface area contributed by atoms with Gasteiger partial charge in [-0.25, -0.2) is 8.78 Å². The number of rotatable bonds is 7. The van der Waals surface area contributed by atoms with E-state index < -0.39 is 17.0 Å². The lowest BCUT2D eigenvalue weighted by molar-refractivity contribution is -0.439. The van der Waals surface area contributed by atoms with Crippen molar-refractivity contribution in [2.24, 2.45) is 5.92 Å². The summed E-state index contributed by atoms with van der Waals surface area (Å²) in [5.41, 5.74) is 7.05. The van der Waals surface area contributed by atoms with E-state index in [1.807, 2.05) is 0 Å². The smallest absolute Gasteiger partial charge is 0.210 e. The van der Waals surface area contributed by atoms with Gasteiger partial charge < -0.3 is 4.90 Å². The SMILES string of the molecule is CC(C)CC[N+]1=C(C=CC=C2N(C)c3ccc4ccccc4c3C2(C)Cc2ccc(F)cc2F)C(C)(C)c2c1ccc1ccccc21. The van der Waals surface area contributed by atoms with Gasteiger partial charge in [-0.1, -0.05) is 80.6 Å². The van der Waals surface area contributed by atoms with Crippen molar-refractivity contribution < 1.29 is 13.4 Å². The molecule has 0 radical (unpaired) electrons. The van der Waals surface area contributed by atoms with Crippen molar-refractivity contribution in [2.75, 3.05) is 18.5 Å². The summed E-state index contributed by atoms with van der Waals surface area (Å²) in [7, 11) is 2.10. The third kappa shape index (κ3) is 5.10. The first kappa shape index (κ1) is 31.1. The molecular formula is C43H43F2N2+. The highest BCUT2D eigenvalue weighted by atomic mass is 19.1. The first-order valence-corrected chi connectivity index (χ1v) is 16.8. The molecule has 4 heteroatoms. The van der Waals surface area contributed by atoms with Crippen molar-refractivity contribution in [1.29, 1.82) is 0 Å². The predicted octanol–water partition coefficient (Wildman–Crippen LogP) is 10.8. The molecule has 1 atom stereocenters. The lowest BCUT2D eigenvalue weighted by Crippen LogP contribution is -2.29. The van der Waals surface area contributed by atoms with E-state index in [-0.39, 0.29) is 5.41 Å². The summed E-state index contributed by atoms with van der Waals surface area (Å²) >= 11 is 0. The Labute approximate surface area is 277 Å². The average molecular weight is 626 g/mol. The van der Waals surface area contributed by atoms with E-state index in [1.165, 1.54) is 39.4 Å². The molecule has 0 amide bonds. The highest BCUT2D eigenvalue weighted by molar-refractivity contribution is 6.07. The summed E-state index contributed by atoms with van der Waals surface area (Å²) in [6.45, 7) is 12.4. The highest BCUT2D eigenvalue weighted by Crippen LogP contribution is 2.52. The monoisotopic (exact) mass is 625 g/mol. The zero-order valence-electron chi connectivity index (χ0n) is 28.2. The summed E-state index contributed by atoms with van der Waals surface area (Å²) in [5, 5.41) is 4.87. The number of benzene rings is 5. The molecule has 47 heavy (non-hydrogen) atoms. The fraction of sp³-hybridized carbons (Fsp3) is 0.279. The maximum absolute atomic E-state index is 15.2. The van der Waals surface area contributed by atoms with Gasteiger partial charge >= 0.3 is 0 Å². The van der Waals surface area contributed by atoms with Gasteiger partial charge in [-0.3, -0.25) is 0 Å². The minimum absolute atomic E-state index is 0.205. The molecule has 238 valence electrons. The van der Waals surface area contributed by atoms with Crippen LogP contribution in [0.15, 0.2) is 115 Å². The van der Waals surface area contributed by atoms with Crippen LogP contribution >= 0.6 is 0 Å². The molecule has 1 unspecified atom stereocenters. The quantitative estimate of drug-likeness (QED) is 0.163. The first-order valence-electron chi connectivity index (χ1n) is 16.8. The molecule has 0 aliphatic carbocycles. The van der Waals surface area contributed by atoms with E-state index in [1.54, 1.807) is 6.07 Å². The highest BCUT2D eigenvalue weighted by Gasteiger charge is 2.46. The Bertz CT molecular complexity index is 2130. The van der Waals surface area contributed by atoms with Crippen molar-refractivity contribution in [3.8, 4) is 0 Å². The normalized spacial score (nSPS) is 19.6. The zero-order valence-corrected chi connectivity index (χ0v) is 28.2. The summed E-state index contributed by atoms with van der Waals surface area (Å²) in [6, 6.07) is 29.9. The predicted molar refractivity (Wildman–Crippen MR) is 193 cm³/mol. The number of halogens is 2. The van der Waals surface area contributed by atoms with Crippen LogP contribution in [0.1, 0.15) is 57.7 Å². The van der Waals surface area contributed by atoms with Gasteiger partial charge in [0.2, 0.25) is 5.69 Å². The van der Waals surface area contributed by atoms with Gasteiger partial charge in [0.05, 0.1) is 5.41 Å². The number of anilines is 1. The Hall–Kier alpha value is -4.57. The van der Waals surface area contributed by atoms with Crippen LogP contribution in [0.2, 0.25) is 0 Å². The molecule has 0 bridgehead atoms. The second-order valence-electron chi connectivity index (χ2n) is 14.4. The first-order chi connectivity index (χ1) is 22.5. The van der Waals surface area contributed by atoms with Crippen molar-refractivity contribution in [2.45, 2.75) is 58.3 Å². The van der Waals surface area contributed by atoms with Crippen LogP contribution in [-0.4, -0.2) is 23.9 Å². The molecule has 2 aliphatic rings. The molecule has 0 aromatic heterocycles. The Morgan fingerprint density at radius 1 is 0.809 bits per heavy atom. The maximum Gasteiger partial charge on any atom is 0.210 e. The molecule has 5 aromatic carbocycles. The lowest BCUT2D eigenvalue weighted by Gasteiger charge is -2.29. The standard InChI is InChI=1S/C43H43F2N2/c1-28(2)24-25-47-37-23-20-29-12-7-9-14-33(29)40(37)42(3,4)38(47)16-11-17-39-43(5,27-31-18-21-32(44)26-35(31)45)41-34-15-10-8-13-30(34)19-22-36(41)46(39)6/h7-23,26,28H,24-25,27H2,1-6H3/q+1. The largest absolute Gasteiger partial charge is 0.347 e. The van der Waals surface area contributed by atoms with Crippen molar-refractivity contribution in [1.82, 2.24) is 0 Å². The molecule has 2 aliphatic heterocycles. The molecule has 0 spiro atoms. The van der Waals surface area contributed by atoms with Crippen LogP contribution in [0.4, 0.5) is 20.2 Å². The van der Waals surface area contributed by atoms with Crippen LogP contribution < -0.4 is 4.90 Å². The van der Waals surface area contributed by atoms with Crippen LogP contribution in [0.25, 0.3) is 21.5 Å². The molecule has 2 nitrogen and oxygen atoms in total. The van der Waals surface area contributed by atoms with Crippen molar-refractivity contribution in [3.63, 3.8) is 0 Å². The number of hydrogen-bond acceptors (Lipinski definition) is 1. The van der Waals surface area contributed by atoms with Gasteiger partial charge in [-0.05, 0) is 90.1 Å². The second-order valence-corrected chi connectivity index (χ2v) is 14.4. The number of nitrogens with zero attached hydrogens (tertiary/aromatic N) is 2. The van der Waals surface area contributed by atoms with Crippen LogP contribution in [-0.2, 0) is 17.3 Å². The molecule has 2 heterocycles. The summed E-state index contributed by atoms with van der Waals surface area (Å²) in [6.07, 6.45) is 8.18. The second kappa shape index (κ2) is 11.6. The average Bonchev–Trinajstić information content (AvgIpc) is 3.40. The topological polar surface area (TPSA) is 6.25 Å². The molecule has 5 aromatic rings. The van der Waals surface area contributed by atoms with Gasteiger partial charge in [0, 0.05) is 54.0 Å². The van der Waals surface area contributed by atoms with E-state index in [2.05, 4.69) is 142 Å². The van der Waals surface area contributed by atoms with E-state index >= 15 is 4.39 Å². The van der Waals surface area contributed by atoms with Gasteiger partial charge in [-0.2, -0.15) is 4.58 Å². The Morgan fingerprint density at radius 2 is 1.47 bits per heavy atom. The fourth-order valence-electron chi connectivity index (χ4n) is 8.16. The van der Waals surface area contributed by atoms with Gasteiger partial charge in [0.1, 0.15) is 18.2 Å². The van der Waals surface area contributed by atoms with Gasteiger partial charge in [0.25, 0.3) is 0 Å². The van der Waals surface area contributed by atoms with E-state index in [4.69, 9.17) is 0 Å². The fourth-order valence-corrected chi connectivity index (χ4v) is 8.16. The zero-order chi connectivity index (χ0) is 33.1. The van der Waals surface area contributed by atoms with E-state index in [9.17, 15) is 4.39 Å². The summed E-state index contributed by atoms with van der Waals surface area (Å²) < 4.78 is 31.7. The number of likely N-dealkylation sites (N-methyl/N-ethyl adjacent to an activating group) is 1. The molecule has 0 saturated heterocycles. The minimum Gasteiger partial charge on any atom is -0.347 e. The third-order valence-corrected chi connectivity index (χ3v) is 10.5. The maximum atomic E-state index is 15.2. The minimum atomic E-state index is -0.559. The van der Waals surface area contributed by atoms with Gasteiger partial charge in [0.15, 0.2) is 5.71 Å². The lowest BCUT2D eigenvalue weighted by atomic mass is 9.74. The number of fused-ring (bicyclic) bond motifs is 6. The van der Waals surface area contributed by atoms with Crippen LogP contribution in [0.3, 0.4) is 0 Å². The third-order valence-electron chi connectivity index (χ3n) is 10.5.